The molecule has 3 nitrogen and oxygen atoms in total. The minimum Gasteiger partial charge on any atom is -0.406 e. The van der Waals surface area contributed by atoms with E-state index >= 15 is 0 Å². The maximum absolute atomic E-state index is 12.0. The van der Waals surface area contributed by atoms with Crippen LogP contribution in [0, 0.1) is 0 Å². The normalized spacial score (nSPS) is 11.3. The fraction of sp³-hybridized carbons (Fsp3) is 0.0833. The minimum atomic E-state index is -4.72. The number of hydrogen-bond acceptors (Lipinski definition) is 2. The number of hydrogen-bond donors (Lipinski definition) is 0. The molecule has 0 aliphatic heterocycles. The average Bonchev–Trinajstić information content (AvgIpc) is 2.29. The van der Waals surface area contributed by atoms with Gasteiger partial charge in [0.05, 0.1) is 0 Å². The van der Waals surface area contributed by atoms with Crippen molar-refractivity contribution in [2.45, 2.75) is 6.36 Å². The summed E-state index contributed by atoms with van der Waals surface area (Å²) in [5, 5.41) is 0. The number of pyridine rings is 1. The molecule has 2 aromatic rings. The molecule has 0 N–H and O–H groups in total. The van der Waals surface area contributed by atoms with Gasteiger partial charge < -0.3 is 4.74 Å². The van der Waals surface area contributed by atoms with Crippen LogP contribution in [-0.2, 0) is 0 Å². The smallest absolute Gasteiger partial charge is 0.406 e. The van der Waals surface area contributed by atoms with Crippen LogP contribution in [0.5, 0.6) is 5.75 Å². The van der Waals surface area contributed by atoms with E-state index in [-0.39, 0.29) is 11.3 Å². The fourth-order valence-electron chi connectivity index (χ4n) is 1.45. The van der Waals surface area contributed by atoms with Gasteiger partial charge in [0.25, 0.3) is 5.56 Å². The lowest BCUT2D eigenvalue weighted by molar-refractivity contribution is -0.274. The SMILES string of the molecule is O=c1ccccn1-c1ccc(OC(F)(F)F)cc1. The van der Waals surface area contributed by atoms with E-state index in [1.165, 1.54) is 29.0 Å². The molecular formula is C12H8F3NO2. The van der Waals surface area contributed by atoms with Gasteiger partial charge in [-0.2, -0.15) is 0 Å². The Morgan fingerprint density at radius 3 is 2.22 bits per heavy atom. The van der Waals surface area contributed by atoms with Crippen LogP contribution < -0.4 is 10.3 Å². The van der Waals surface area contributed by atoms with E-state index in [1.54, 1.807) is 12.1 Å². The molecule has 1 heterocycles. The molecule has 2 rings (SSSR count). The highest BCUT2D eigenvalue weighted by Crippen LogP contribution is 2.23. The number of nitrogens with zero attached hydrogens (tertiary/aromatic N) is 1. The number of aromatic nitrogens is 1. The number of halogens is 3. The molecule has 0 bridgehead atoms. The summed E-state index contributed by atoms with van der Waals surface area (Å²) in [6.07, 6.45) is -3.19. The zero-order chi connectivity index (χ0) is 13.2. The Labute approximate surface area is 100 Å². The van der Waals surface area contributed by atoms with Gasteiger partial charge in [-0.05, 0) is 30.3 Å². The molecule has 0 aliphatic rings. The monoisotopic (exact) mass is 255 g/mol. The Morgan fingerprint density at radius 2 is 1.67 bits per heavy atom. The average molecular weight is 255 g/mol. The molecule has 6 heteroatoms. The summed E-state index contributed by atoms with van der Waals surface area (Å²) in [5.74, 6) is -0.324. The Balaban J connectivity index is 2.29. The second-order valence-electron chi connectivity index (χ2n) is 3.45. The second-order valence-corrected chi connectivity index (χ2v) is 3.45. The first kappa shape index (κ1) is 12.2. The van der Waals surface area contributed by atoms with Crippen molar-refractivity contribution in [2.75, 3.05) is 0 Å². The van der Waals surface area contributed by atoms with Crippen LogP contribution in [-0.4, -0.2) is 10.9 Å². The van der Waals surface area contributed by atoms with E-state index in [9.17, 15) is 18.0 Å². The summed E-state index contributed by atoms with van der Waals surface area (Å²) in [5.41, 5.74) is 0.206. The first-order valence-corrected chi connectivity index (χ1v) is 4.99. The molecule has 0 saturated heterocycles. The highest BCUT2D eigenvalue weighted by Gasteiger charge is 2.30. The number of alkyl halides is 3. The minimum absolute atomic E-state index is 0.262. The molecule has 94 valence electrons. The van der Waals surface area contributed by atoms with Crippen LogP contribution in [0.25, 0.3) is 5.69 Å². The molecule has 0 spiro atoms. The van der Waals surface area contributed by atoms with Gasteiger partial charge in [0.15, 0.2) is 0 Å². The van der Waals surface area contributed by atoms with Gasteiger partial charge in [0.1, 0.15) is 5.75 Å². The molecule has 0 atom stereocenters. The quantitative estimate of drug-likeness (QED) is 0.826. The molecule has 1 aromatic heterocycles. The summed E-state index contributed by atoms with van der Waals surface area (Å²) in [4.78, 5) is 11.5. The Bertz CT molecular complexity index is 587. The van der Waals surface area contributed by atoms with Crippen molar-refractivity contribution in [3.05, 3.63) is 59.0 Å². The van der Waals surface area contributed by atoms with Crippen molar-refractivity contribution in [3.63, 3.8) is 0 Å². The molecule has 0 saturated carbocycles. The van der Waals surface area contributed by atoms with Crippen molar-refractivity contribution >= 4 is 0 Å². The van der Waals surface area contributed by atoms with E-state index in [4.69, 9.17) is 0 Å². The summed E-state index contributed by atoms with van der Waals surface area (Å²) in [6, 6.07) is 9.66. The van der Waals surface area contributed by atoms with Gasteiger partial charge in [-0.3, -0.25) is 9.36 Å². The summed E-state index contributed by atoms with van der Waals surface area (Å²) in [6.45, 7) is 0. The number of benzene rings is 1. The predicted molar refractivity (Wildman–Crippen MR) is 58.7 cm³/mol. The van der Waals surface area contributed by atoms with Gasteiger partial charge in [0.2, 0.25) is 0 Å². The standard InChI is InChI=1S/C12H8F3NO2/c13-12(14,15)18-10-6-4-9(5-7-10)16-8-2-1-3-11(16)17/h1-8H. The van der Waals surface area contributed by atoms with E-state index < -0.39 is 6.36 Å². The maximum atomic E-state index is 12.0. The third-order valence-electron chi connectivity index (χ3n) is 2.17. The van der Waals surface area contributed by atoms with Gasteiger partial charge >= 0.3 is 6.36 Å². The number of ether oxygens (including phenoxy) is 1. The van der Waals surface area contributed by atoms with Crippen LogP contribution in [0.1, 0.15) is 0 Å². The van der Waals surface area contributed by atoms with Gasteiger partial charge in [0, 0.05) is 18.0 Å². The lowest BCUT2D eigenvalue weighted by Crippen LogP contribution is -2.17. The topological polar surface area (TPSA) is 31.2 Å². The van der Waals surface area contributed by atoms with Gasteiger partial charge in [-0.15, -0.1) is 13.2 Å². The van der Waals surface area contributed by atoms with Crippen molar-refractivity contribution in [2.24, 2.45) is 0 Å². The molecule has 0 radical (unpaired) electrons. The second kappa shape index (κ2) is 4.56. The predicted octanol–water partition coefficient (Wildman–Crippen LogP) is 2.74. The van der Waals surface area contributed by atoms with Crippen molar-refractivity contribution < 1.29 is 17.9 Å². The van der Waals surface area contributed by atoms with E-state index in [0.29, 0.717) is 5.69 Å². The highest BCUT2D eigenvalue weighted by molar-refractivity contribution is 5.37. The maximum Gasteiger partial charge on any atom is 0.573 e. The lowest BCUT2D eigenvalue weighted by atomic mass is 10.3. The first-order chi connectivity index (χ1) is 8.46. The van der Waals surface area contributed by atoms with Crippen molar-refractivity contribution in [1.29, 1.82) is 0 Å². The Kier molecular flexibility index (Phi) is 3.10. The molecule has 18 heavy (non-hydrogen) atoms. The zero-order valence-corrected chi connectivity index (χ0v) is 9.02. The molecule has 0 amide bonds. The Hall–Kier alpha value is -2.24. The largest absolute Gasteiger partial charge is 0.573 e. The van der Waals surface area contributed by atoms with Crippen molar-refractivity contribution in [3.8, 4) is 11.4 Å². The summed E-state index contributed by atoms with van der Waals surface area (Å²) >= 11 is 0. The van der Waals surface area contributed by atoms with Gasteiger partial charge in [-0.25, -0.2) is 0 Å². The number of rotatable bonds is 2. The third kappa shape index (κ3) is 2.91. The molecular weight excluding hydrogens is 247 g/mol. The van der Waals surface area contributed by atoms with E-state index in [1.807, 2.05) is 0 Å². The van der Waals surface area contributed by atoms with Crippen LogP contribution in [0.15, 0.2) is 53.5 Å². The van der Waals surface area contributed by atoms with E-state index in [0.717, 1.165) is 12.1 Å². The zero-order valence-electron chi connectivity index (χ0n) is 9.02. The molecule has 1 aromatic carbocycles. The summed E-state index contributed by atoms with van der Waals surface area (Å²) in [7, 11) is 0. The molecule has 0 aliphatic carbocycles. The van der Waals surface area contributed by atoms with Crippen LogP contribution in [0.3, 0.4) is 0 Å². The van der Waals surface area contributed by atoms with Gasteiger partial charge in [-0.1, -0.05) is 6.07 Å². The van der Waals surface area contributed by atoms with Crippen molar-refractivity contribution in [1.82, 2.24) is 4.57 Å². The first-order valence-electron chi connectivity index (χ1n) is 4.99. The lowest BCUT2D eigenvalue weighted by Gasteiger charge is -2.10. The van der Waals surface area contributed by atoms with Crippen LogP contribution >= 0.6 is 0 Å². The highest BCUT2D eigenvalue weighted by atomic mass is 19.4. The Morgan fingerprint density at radius 1 is 1.00 bits per heavy atom. The van der Waals surface area contributed by atoms with Crippen LogP contribution in [0.4, 0.5) is 13.2 Å². The fourth-order valence-corrected chi connectivity index (χ4v) is 1.45. The molecule has 0 unspecified atom stereocenters. The van der Waals surface area contributed by atoms with E-state index in [2.05, 4.69) is 4.74 Å². The molecule has 0 fully saturated rings. The third-order valence-corrected chi connectivity index (χ3v) is 2.17. The summed E-state index contributed by atoms with van der Waals surface area (Å²) < 4.78 is 40.9. The van der Waals surface area contributed by atoms with Crippen LogP contribution in [0.2, 0.25) is 0 Å².